The first kappa shape index (κ1) is 19.8. The number of hydrazine groups is 1. The van der Waals surface area contributed by atoms with Crippen LogP contribution >= 0.6 is 11.9 Å². The van der Waals surface area contributed by atoms with Crippen molar-refractivity contribution in [3.63, 3.8) is 0 Å². The minimum Gasteiger partial charge on any atom is -0.383 e. The zero-order valence-electron chi connectivity index (χ0n) is 15.5. The molecule has 1 fully saturated rings. The van der Waals surface area contributed by atoms with Gasteiger partial charge in [-0.1, -0.05) is 42.3 Å². The van der Waals surface area contributed by atoms with Gasteiger partial charge in [-0.3, -0.25) is 15.1 Å². The summed E-state index contributed by atoms with van der Waals surface area (Å²) in [5, 5.41) is 0.393. The Balaban J connectivity index is 1.56. The molecule has 3 rings (SSSR count). The number of hydrogen-bond acceptors (Lipinski definition) is 5. The lowest BCUT2D eigenvalue weighted by Crippen LogP contribution is -2.52. The van der Waals surface area contributed by atoms with Gasteiger partial charge in [-0.05, 0) is 35.7 Å². The number of carbonyl (C=O) groups excluding carboxylic acids is 1. The molecular formula is C20H24FN3O2S. The standard InChI is InChI=1S/C20H24FN3O2S/c1-14-10-16(15-6-4-3-5-7-15)11-18(19(14)21)20(25)22-23-27-17-12-24(13-17)8-9-26-2/h3-7,10-11,17,23H,8-9,12-13H2,1-2H3,(H,22,25). The molecule has 7 heteroatoms. The second-order valence-electron chi connectivity index (χ2n) is 6.57. The molecule has 1 aliphatic heterocycles. The largest absolute Gasteiger partial charge is 0.383 e. The van der Waals surface area contributed by atoms with E-state index in [2.05, 4.69) is 15.2 Å². The first-order valence-corrected chi connectivity index (χ1v) is 9.74. The number of aryl methyl sites for hydroxylation is 1. The van der Waals surface area contributed by atoms with E-state index in [4.69, 9.17) is 4.74 Å². The SMILES string of the molecule is COCCN1CC(SNNC(=O)c2cc(-c3ccccc3)cc(C)c2F)C1. The van der Waals surface area contributed by atoms with Crippen molar-refractivity contribution in [3.8, 4) is 11.1 Å². The monoisotopic (exact) mass is 389 g/mol. The Labute approximate surface area is 163 Å². The van der Waals surface area contributed by atoms with E-state index in [1.165, 1.54) is 11.9 Å². The predicted octanol–water partition coefficient (Wildman–Crippen LogP) is 3.01. The van der Waals surface area contributed by atoms with E-state index >= 15 is 0 Å². The Morgan fingerprint density at radius 1 is 1.26 bits per heavy atom. The van der Waals surface area contributed by atoms with Crippen LogP contribution in [0.1, 0.15) is 15.9 Å². The molecule has 1 amide bonds. The van der Waals surface area contributed by atoms with E-state index in [1.807, 2.05) is 30.3 Å². The van der Waals surface area contributed by atoms with Crippen molar-refractivity contribution < 1.29 is 13.9 Å². The maximum atomic E-state index is 14.5. The fourth-order valence-electron chi connectivity index (χ4n) is 2.96. The minimum absolute atomic E-state index is 0.0392. The molecule has 2 aromatic rings. The molecule has 5 nitrogen and oxygen atoms in total. The molecule has 0 radical (unpaired) electrons. The predicted molar refractivity (Wildman–Crippen MR) is 107 cm³/mol. The number of hydrogen-bond donors (Lipinski definition) is 2. The normalized spacial score (nSPS) is 14.8. The molecule has 27 heavy (non-hydrogen) atoms. The molecule has 0 spiro atoms. The van der Waals surface area contributed by atoms with Gasteiger partial charge in [0.2, 0.25) is 0 Å². The summed E-state index contributed by atoms with van der Waals surface area (Å²) >= 11 is 1.45. The third kappa shape index (κ3) is 5.07. The Hall–Kier alpha value is -1.93. The van der Waals surface area contributed by atoms with E-state index in [0.29, 0.717) is 10.8 Å². The molecule has 2 N–H and O–H groups in total. The van der Waals surface area contributed by atoms with E-state index in [1.54, 1.807) is 26.2 Å². The Bertz CT molecular complexity index is 782. The Kier molecular flexibility index (Phi) is 6.84. The Morgan fingerprint density at radius 2 is 2.00 bits per heavy atom. The van der Waals surface area contributed by atoms with Crippen LogP contribution in [0.5, 0.6) is 0 Å². The summed E-state index contributed by atoms with van der Waals surface area (Å²) in [6, 6.07) is 13.0. The van der Waals surface area contributed by atoms with Crippen LogP contribution in [0.2, 0.25) is 0 Å². The molecule has 0 aliphatic carbocycles. The van der Waals surface area contributed by atoms with E-state index in [0.717, 1.165) is 37.4 Å². The van der Waals surface area contributed by atoms with Gasteiger partial charge in [0.05, 0.1) is 12.2 Å². The number of ether oxygens (including phenoxy) is 1. The molecule has 1 aliphatic rings. The van der Waals surface area contributed by atoms with Gasteiger partial charge in [0.1, 0.15) is 5.82 Å². The number of amides is 1. The third-order valence-corrected chi connectivity index (χ3v) is 5.38. The first-order chi connectivity index (χ1) is 13.1. The van der Waals surface area contributed by atoms with Gasteiger partial charge in [-0.15, -0.1) is 0 Å². The van der Waals surface area contributed by atoms with Crippen LogP contribution < -0.4 is 10.3 Å². The van der Waals surface area contributed by atoms with Crippen LogP contribution in [0.4, 0.5) is 4.39 Å². The topological polar surface area (TPSA) is 53.6 Å². The van der Waals surface area contributed by atoms with Crippen molar-refractivity contribution in [2.45, 2.75) is 12.2 Å². The maximum Gasteiger partial charge on any atom is 0.269 e. The van der Waals surface area contributed by atoms with Crippen LogP contribution in [-0.4, -0.2) is 49.4 Å². The molecule has 0 aromatic heterocycles. The van der Waals surface area contributed by atoms with Gasteiger partial charge in [0.25, 0.3) is 5.91 Å². The van der Waals surface area contributed by atoms with Crippen LogP contribution in [0, 0.1) is 12.7 Å². The molecule has 144 valence electrons. The first-order valence-electron chi connectivity index (χ1n) is 8.86. The van der Waals surface area contributed by atoms with Crippen LogP contribution in [0.25, 0.3) is 11.1 Å². The number of benzene rings is 2. The average Bonchev–Trinajstić information content (AvgIpc) is 2.65. The summed E-state index contributed by atoms with van der Waals surface area (Å²) in [6.07, 6.45) is 0. The highest BCUT2D eigenvalue weighted by Crippen LogP contribution is 2.25. The highest BCUT2D eigenvalue weighted by atomic mass is 32.2. The van der Waals surface area contributed by atoms with Crippen molar-refractivity contribution in [1.29, 1.82) is 0 Å². The van der Waals surface area contributed by atoms with Crippen molar-refractivity contribution in [2.24, 2.45) is 0 Å². The summed E-state index contributed by atoms with van der Waals surface area (Å²) in [5.74, 6) is -0.968. The smallest absolute Gasteiger partial charge is 0.269 e. The summed E-state index contributed by atoms with van der Waals surface area (Å²) < 4.78 is 19.5. The number of nitrogens with one attached hydrogen (secondary N) is 2. The summed E-state index contributed by atoms with van der Waals surface area (Å²) in [6.45, 7) is 5.18. The fraction of sp³-hybridized carbons (Fsp3) is 0.350. The Morgan fingerprint density at radius 3 is 2.70 bits per heavy atom. The quantitative estimate of drug-likeness (QED) is 0.537. The zero-order chi connectivity index (χ0) is 19.2. The molecule has 1 heterocycles. The lowest BCUT2D eigenvalue weighted by atomic mass is 9.99. The highest BCUT2D eigenvalue weighted by molar-refractivity contribution is 7.98. The number of methoxy groups -OCH3 is 1. The number of nitrogens with zero attached hydrogens (tertiary/aromatic N) is 1. The summed E-state index contributed by atoms with van der Waals surface area (Å²) in [4.78, 5) is 17.6. The van der Waals surface area contributed by atoms with E-state index in [9.17, 15) is 9.18 Å². The fourth-order valence-corrected chi connectivity index (χ4v) is 3.85. The summed E-state index contributed by atoms with van der Waals surface area (Å²) in [7, 11) is 1.69. The van der Waals surface area contributed by atoms with Crippen molar-refractivity contribution in [3.05, 3.63) is 59.4 Å². The number of halogens is 1. The van der Waals surface area contributed by atoms with Crippen LogP contribution in [0.15, 0.2) is 42.5 Å². The molecule has 0 atom stereocenters. The van der Waals surface area contributed by atoms with Gasteiger partial charge in [-0.25, -0.2) is 4.39 Å². The van der Waals surface area contributed by atoms with Gasteiger partial charge >= 0.3 is 0 Å². The average molecular weight is 389 g/mol. The van der Waals surface area contributed by atoms with E-state index in [-0.39, 0.29) is 5.56 Å². The second kappa shape index (κ2) is 9.32. The van der Waals surface area contributed by atoms with Crippen molar-refractivity contribution in [2.75, 3.05) is 33.4 Å². The number of rotatable bonds is 8. The van der Waals surface area contributed by atoms with Crippen LogP contribution in [0.3, 0.4) is 0 Å². The molecular weight excluding hydrogens is 365 g/mol. The minimum atomic E-state index is -0.492. The van der Waals surface area contributed by atoms with Crippen LogP contribution in [-0.2, 0) is 4.74 Å². The molecule has 1 saturated heterocycles. The molecule has 2 aromatic carbocycles. The van der Waals surface area contributed by atoms with Gasteiger partial charge in [-0.2, -0.15) is 4.83 Å². The third-order valence-electron chi connectivity index (χ3n) is 4.53. The lowest BCUT2D eigenvalue weighted by molar-refractivity contribution is 0.0941. The van der Waals surface area contributed by atoms with Gasteiger partial charge in [0.15, 0.2) is 0 Å². The second-order valence-corrected chi connectivity index (χ2v) is 7.68. The van der Waals surface area contributed by atoms with Gasteiger partial charge in [0, 0.05) is 32.0 Å². The molecule has 0 saturated carbocycles. The number of carbonyl (C=O) groups is 1. The van der Waals surface area contributed by atoms with Gasteiger partial charge < -0.3 is 4.74 Å². The maximum absolute atomic E-state index is 14.5. The molecule has 0 unspecified atom stereocenters. The van der Waals surface area contributed by atoms with Crippen molar-refractivity contribution >= 4 is 17.9 Å². The zero-order valence-corrected chi connectivity index (χ0v) is 16.3. The number of likely N-dealkylation sites (tertiary alicyclic amines) is 1. The lowest BCUT2D eigenvalue weighted by Gasteiger charge is -2.38. The highest BCUT2D eigenvalue weighted by Gasteiger charge is 2.27. The van der Waals surface area contributed by atoms with E-state index < -0.39 is 11.7 Å². The van der Waals surface area contributed by atoms with Crippen molar-refractivity contribution in [1.82, 2.24) is 15.2 Å². The molecule has 0 bridgehead atoms. The summed E-state index contributed by atoms with van der Waals surface area (Å²) in [5.41, 5.74) is 4.85.